The van der Waals surface area contributed by atoms with Crippen LogP contribution in [0.3, 0.4) is 0 Å². The molecular formula is C20H21ClN2O2S. The number of carbonyl (C=O) groups excluding carboxylic acids is 2. The summed E-state index contributed by atoms with van der Waals surface area (Å²) in [5.74, 6) is 0.282. The molecule has 2 aromatic rings. The lowest BCUT2D eigenvalue weighted by atomic mass is 10.1. The Morgan fingerprint density at radius 2 is 2.00 bits per heavy atom. The lowest BCUT2D eigenvalue weighted by molar-refractivity contribution is -0.116. The van der Waals surface area contributed by atoms with Crippen molar-refractivity contribution in [2.24, 2.45) is 0 Å². The highest BCUT2D eigenvalue weighted by molar-refractivity contribution is 8.00. The van der Waals surface area contributed by atoms with E-state index in [1.165, 1.54) is 5.56 Å². The maximum Gasteiger partial charge on any atom is 0.242 e. The largest absolute Gasteiger partial charge is 0.325 e. The van der Waals surface area contributed by atoms with Gasteiger partial charge in [-0.05, 0) is 61.7 Å². The van der Waals surface area contributed by atoms with E-state index in [9.17, 15) is 9.59 Å². The summed E-state index contributed by atoms with van der Waals surface area (Å²) in [6.07, 6.45) is 0. The molecule has 136 valence electrons. The molecule has 1 N–H and O–H groups in total. The van der Waals surface area contributed by atoms with Crippen LogP contribution in [0.2, 0.25) is 0 Å². The van der Waals surface area contributed by atoms with Crippen molar-refractivity contribution < 1.29 is 9.59 Å². The second kappa shape index (κ2) is 7.72. The van der Waals surface area contributed by atoms with Crippen LogP contribution in [0, 0.1) is 13.8 Å². The minimum atomic E-state index is -0.604. The van der Waals surface area contributed by atoms with Gasteiger partial charge in [-0.2, -0.15) is 0 Å². The maximum absolute atomic E-state index is 12.5. The van der Waals surface area contributed by atoms with Crippen LogP contribution in [0.5, 0.6) is 0 Å². The summed E-state index contributed by atoms with van der Waals surface area (Å²) in [7, 11) is 0. The molecule has 1 aliphatic rings. The molecule has 0 aromatic heterocycles. The number of aryl methyl sites for hydroxylation is 2. The Bertz CT molecular complexity index is 853. The molecular weight excluding hydrogens is 368 g/mol. The summed E-state index contributed by atoms with van der Waals surface area (Å²) in [6, 6.07) is 13.7. The van der Waals surface area contributed by atoms with Crippen LogP contribution in [0.4, 0.5) is 11.4 Å². The fourth-order valence-corrected chi connectivity index (χ4v) is 4.06. The lowest BCUT2D eigenvalue weighted by Gasteiger charge is -2.25. The molecule has 4 nitrogen and oxygen atoms in total. The summed E-state index contributed by atoms with van der Waals surface area (Å²) in [4.78, 5) is 26.2. The second-order valence-corrected chi connectivity index (χ2v) is 8.15. The lowest BCUT2D eigenvalue weighted by Crippen LogP contribution is -2.28. The fraction of sp³-hybridized carbons (Fsp3) is 0.300. The second-order valence-electron chi connectivity index (χ2n) is 6.43. The summed E-state index contributed by atoms with van der Waals surface area (Å²) in [5.41, 5.74) is 4.91. The summed E-state index contributed by atoms with van der Waals surface area (Å²) >= 11 is 7.41. The molecule has 1 saturated heterocycles. The number of thioether (sulfide) groups is 1. The predicted octanol–water partition coefficient (Wildman–Crippen LogP) is 4.65. The van der Waals surface area contributed by atoms with Crippen molar-refractivity contribution in [2.45, 2.75) is 31.5 Å². The number of nitrogens with one attached hydrogen (secondary N) is 1. The Morgan fingerprint density at radius 1 is 1.23 bits per heavy atom. The van der Waals surface area contributed by atoms with Crippen LogP contribution in [0.1, 0.15) is 29.0 Å². The zero-order valence-corrected chi connectivity index (χ0v) is 16.5. The Labute approximate surface area is 162 Å². The van der Waals surface area contributed by atoms with Crippen LogP contribution in [0.15, 0.2) is 42.5 Å². The van der Waals surface area contributed by atoms with Crippen LogP contribution in [-0.4, -0.2) is 22.9 Å². The number of benzene rings is 2. The normalized spacial score (nSPS) is 18.1. The van der Waals surface area contributed by atoms with Crippen molar-refractivity contribution in [3.05, 3.63) is 59.2 Å². The third-order valence-corrected chi connectivity index (χ3v) is 5.85. The number of hydrogen-bond donors (Lipinski definition) is 1. The van der Waals surface area contributed by atoms with Crippen molar-refractivity contribution >= 4 is 46.6 Å². The number of halogens is 1. The summed E-state index contributed by atoms with van der Waals surface area (Å²) in [6.45, 7) is 5.74. The summed E-state index contributed by atoms with van der Waals surface area (Å²) < 4.78 is 0. The number of nitrogens with zero attached hydrogens (tertiary/aromatic N) is 1. The number of alkyl halides is 1. The number of rotatable bonds is 4. The smallest absolute Gasteiger partial charge is 0.242 e. The van der Waals surface area contributed by atoms with E-state index in [0.29, 0.717) is 11.4 Å². The molecule has 0 aliphatic carbocycles. The minimum absolute atomic E-state index is 0.0899. The molecule has 2 atom stereocenters. The molecule has 3 rings (SSSR count). The average Bonchev–Trinajstić information content (AvgIpc) is 2.99. The first kappa shape index (κ1) is 18.8. The van der Waals surface area contributed by atoms with Crippen molar-refractivity contribution in [3.63, 3.8) is 0 Å². The number of anilines is 2. The van der Waals surface area contributed by atoms with E-state index in [-0.39, 0.29) is 17.2 Å². The maximum atomic E-state index is 12.5. The molecule has 2 unspecified atom stereocenters. The van der Waals surface area contributed by atoms with Crippen molar-refractivity contribution in [2.75, 3.05) is 16.0 Å². The van der Waals surface area contributed by atoms with Gasteiger partial charge in [-0.25, -0.2) is 0 Å². The monoisotopic (exact) mass is 388 g/mol. The fourth-order valence-electron chi connectivity index (χ4n) is 2.84. The van der Waals surface area contributed by atoms with Gasteiger partial charge in [0.15, 0.2) is 0 Å². The van der Waals surface area contributed by atoms with Crippen LogP contribution in [0.25, 0.3) is 0 Å². The van der Waals surface area contributed by atoms with Crippen molar-refractivity contribution in [1.82, 2.24) is 0 Å². The van der Waals surface area contributed by atoms with Crippen LogP contribution >= 0.6 is 23.4 Å². The zero-order valence-electron chi connectivity index (χ0n) is 15.0. The molecule has 6 heteroatoms. The summed E-state index contributed by atoms with van der Waals surface area (Å²) in [5, 5.41) is 2.08. The first-order chi connectivity index (χ1) is 12.4. The van der Waals surface area contributed by atoms with Gasteiger partial charge >= 0.3 is 0 Å². The molecule has 0 radical (unpaired) electrons. The SMILES string of the molecule is Cc1ccc(N2C(=O)CSC2c2cccc(NC(=O)C(C)Cl)c2)cc1C. The van der Waals surface area contributed by atoms with Crippen LogP contribution < -0.4 is 10.2 Å². The first-order valence-corrected chi connectivity index (χ1v) is 9.91. The van der Waals surface area contributed by atoms with Crippen molar-refractivity contribution in [1.29, 1.82) is 0 Å². The van der Waals surface area contributed by atoms with Gasteiger partial charge in [0.25, 0.3) is 0 Å². The first-order valence-electron chi connectivity index (χ1n) is 8.42. The van der Waals surface area contributed by atoms with Gasteiger partial charge in [0, 0.05) is 11.4 Å². The molecule has 1 aliphatic heterocycles. The van der Waals surface area contributed by atoms with Gasteiger partial charge < -0.3 is 5.32 Å². The van der Waals surface area contributed by atoms with E-state index in [1.807, 2.05) is 54.3 Å². The van der Waals surface area contributed by atoms with E-state index in [1.54, 1.807) is 18.7 Å². The van der Waals surface area contributed by atoms with Gasteiger partial charge in [0.1, 0.15) is 10.8 Å². The number of carbonyl (C=O) groups is 2. The highest BCUT2D eigenvalue weighted by Gasteiger charge is 2.34. The third kappa shape index (κ3) is 3.89. The Morgan fingerprint density at radius 3 is 2.69 bits per heavy atom. The zero-order chi connectivity index (χ0) is 18.8. The highest BCUT2D eigenvalue weighted by atomic mass is 35.5. The van der Waals surface area contributed by atoms with Crippen molar-refractivity contribution in [3.8, 4) is 0 Å². The Kier molecular flexibility index (Phi) is 5.58. The van der Waals surface area contributed by atoms with Gasteiger partial charge in [0.05, 0.1) is 5.75 Å². The average molecular weight is 389 g/mol. The molecule has 0 spiro atoms. The predicted molar refractivity (Wildman–Crippen MR) is 109 cm³/mol. The van der Waals surface area contributed by atoms with E-state index in [2.05, 4.69) is 12.2 Å². The van der Waals surface area contributed by atoms with Crippen LogP contribution in [-0.2, 0) is 9.59 Å². The molecule has 2 aromatic carbocycles. The number of hydrogen-bond acceptors (Lipinski definition) is 3. The quantitative estimate of drug-likeness (QED) is 0.775. The van der Waals surface area contributed by atoms with Gasteiger partial charge in [0.2, 0.25) is 11.8 Å². The molecule has 2 amide bonds. The molecule has 1 fully saturated rings. The van der Waals surface area contributed by atoms with Gasteiger partial charge in [-0.15, -0.1) is 23.4 Å². The Hall–Kier alpha value is -1.98. The molecule has 0 bridgehead atoms. The van der Waals surface area contributed by atoms with Gasteiger partial charge in [-0.3, -0.25) is 14.5 Å². The van der Waals surface area contributed by atoms with E-state index in [0.717, 1.165) is 16.8 Å². The number of amides is 2. The minimum Gasteiger partial charge on any atom is -0.325 e. The van der Waals surface area contributed by atoms with E-state index >= 15 is 0 Å². The molecule has 1 heterocycles. The molecule has 26 heavy (non-hydrogen) atoms. The van der Waals surface area contributed by atoms with E-state index in [4.69, 9.17) is 11.6 Å². The standard InChI is InChI=1S/C20H21ClN2O2S/c1-12-7-8-17(9-13(12)2)23-18(24)11-26-20(23)15-5-4-6-16(10-15)22-19(25)14(3)21/h4-10,14,20H,11H2,1-3H3,(H,22,25). The van der Waals surface area contributed by atoms with Gasteiger partial charge in [-0.1, -0.05) is 18.2 Å². The highest BCUT2D eigenvalue weighted by Crippen LogP contribution is 2.42. The topological polar surface area (TPSA) is 49.4 Å². The van der Waals surface area contributed by atoms with E-state index < -0.39 is 5.38 Å². The Balaban J connectivity index is 1.91. The molecule has 0 saturated carbocycles. The third-order valence-electron chi connectivity index (χ3n) is 4.44.